The normalized spacial score (nSPS) is 15.4. The van der Waals surface area contributed by atoms with Gasteiger partial charge in [0.2, 0.25) is 0 Å². The smallest absolute Gasteiger partial charge is 0.307 e. The van der Waals surface area contributed by atoms with E-state index in [0.717, 1.165) is 22.6 Å². The van der Waals surface area contributed by atoms with E-state index in [2.05, 4.69) is 0 Å². The van der Waals surface area contributed by atoms with Crippen LogP contribution in [0.15, 0.2) is 12.1 Å². The zero-order valence-electron chi connectivity index (χ0n) is 11.6. The maximum Gasteiger partial charge on any atom is 0.307 e. The van der Waals surface area contributed by atoms with Gasteiger partial charge < -0.3 is 14.6 Å². The van der Waals surface area contributed by atoms with Gasteiger partial charge in [-0.25, -0.2) is 0 Å². The van der Waals surface area contributed by atoms with E-state index in [0.29, 0.717) is 19.6 Å². The molecule has 1 aliphatic heterocycles. The SMILES string of the molecule is Cc1cc2c(cc1CC(C(=O)O)C(C)C)OCCO2. The molecule has 4 nitrogen and oxygen atoms in total. The minimum Gasteiger partial charge on any atom is -0.486 e. The lowest BCUT2D eigenvalue weighted by Gasteiger charge is -2.22. The van der Waals surface area contributed by atoms with E-state index in [-0.39, 0.29) is 11.8 Å². The summed E-state index contributed by atoms with van der Waals surface area (Å²) in [6.45, 7) is 6.96. The average Bonchev–Trinajstić information content (AvgIpc) is 2.35. The number of aliphatic carboxylic acids is 1. The maximum absolute atomic E-state index is 11.3. The van der Waals surface area contributed by atoms with Crippen molar-refractivity contribution in [3.63, 3.8) is 0 Å². The van der Waals surface area contributed by atoms with Gasteiger partial charge in [-0.3, -0.25) is 4.79 Å². The predicted molar refractivity (Wildman–Crippen MR) is 71.8 cm³/mol. The molecule has 1 unspecified atom stereocenters. The second-order valence-electron chi connectivity index (χ2n) is 5.32. The summed E-state index contributed by atoms with van der Waals surface area (Å²) in [6.07, 6.45) is 0.523. The molecule has 0 fully saturated rings. The molecule has 4 heteroatoms. The lowest BCUT2D eigenvalue weighted by molar-refractivity contribution is -0.143. The first-order chi connectivity index (χ1) is 8.99. The van der Waals surface area contributed by atoms with E-state index in [1.165, 1.54) is 0 Å². The Morgan fingerprint density at radius 2 is 1.84 bits per heavy atom. The van der Waals surface area contributed by atoms with Crippen LogP contribution in [0.5, 0.6) is 11.5 Å². The molecule has 0 bridgehead atoms. The van der Waals surface area contributed by atoms with Crippen molar-refractivity contribution >= 4 is 5.97 Å². The molecule has 1 aromatic carbocycles. The Morgan fingerprint density at radius 3 is 2.37 bits per heavy atom. The Labute approximate surface area is 113 Å². The van der Waals surface area contributed by atoms with Crippen LogP contribution in [0.4, 0.5) is 0 Å². The molecule has 1 atom stereocenters. The van der Waals surface area contributed by atoms with Gasteiger partial charge in [-0.05, 0) is 42.5 Å². The lowest BCUT2D eigenvalue weighted by Crippen LogP contribution is -2.23. The minimum atomic E-state index is -0.746. The monoisotopic (exact) mass is 264 g/mol. The van der Waals surface area contributed by atoms with Crippen molar-refractivity contribution in [1.29, 1.82) is 0 Å². The Bertz CT molecular complexity index is 479. The molecule has 0 amide bonds. The van der Waals surface area contributed by atoms with Crippen molar-refractivity contribution in [3.05, 3.63) is 23.3 Å². The molecule has 1 N–H and O–H groups in total. The van der Waals surface area contributed by atoms with Gasteiger partial charge in [0, 0.05) is 0 Å². The number of carbonyl (C=O) groups is 1. The number of benzene rings is 1. The van der Waals surface area contributed by atoms with Gasteiger partial charge in [-0.15, -0.1) is 0 Å². The number of carboxylic acids is 1. The first-order valence-electron chi connectivity index (χ1n) is 6.61. The van der Waals surface area contributed by atoms with Crippen LogP contribution in [0.25, 0.3) is 0 Å². The Kier molecular flexibility index (Phi) is 3.98. The summed E-state index contributed by atoms with van der Waals surface area (Å²) < 4.78 is 11.1. The molecular formula is C15H20O4. The van der Waals surface area contributed by atoms with Gasteiger partial charge in [0.15, 0.2) is 11.5 Å². The molecule has 104 valence electrons. The number of hydrogen-bond acceptors (Lipinski definition) is 3. The molecule has 1 heterocycles. The van der Waals surface area contributed by atoms with E-state index in [1.54, 1.807) is 0 Å². The third-order valence-corrected chi connectivity index (χ3v) is 3.56. The second kappa shape index (κ2) is 5.51. The maximum atomic E-state index is 11.3. The van der Waals surface area contributed by atoms with Gasteiger partial charge in [-0.1, -0.05) is 13.8 Å². The van der Waals surface area contributed by atoms with Crippen molar-refractivity contribution in [3.8, 4) is 11.5 Å². The predicted octanol–water partition coefficient (Wildman–Crippen LogP) is 2.67. The van der Waals surface area contributed by atoms with Crippen molar-refractivity contribution in [1.82, 2.24) is 0 Å². The fourth-order valence-corrected chi connectivity index (χ4v) is 2.30. The highest BCUT2D eigenvalue weighted by Crippen LogP contribution is 2.34. The second-order valence-corrected chi connectivity index (χ2v) is 5.32. The summed E-state index contributed by atoms with van der Waals surface area (Å²) >= 11 is 0. The summed E-state index contributed by atoms with van der Waals surface area (Å²) in [5.41, 5.74) is 2.07. The molecule has 1 aromatic rings. The minimum absolute atomic E-state index is 0.102. The van der Waals surface area contributed by atoms with Gasteiger partial charge in [0.05, 0.1) is 5.92 Å². The molecule has 0 saturated carbocycles. The third kappa shape index (κ3) is 3.00. The molecule has 1 aliphatic rings. The van der Waals surface area contributed by atoms with Gasteiger partial charge in [-0.2, -0.15) is 0 Å². The summed E-state index contributed by atoms with van der Waals surface area (Å²) in [4.78, 5) is 11.3. The quantitative estimate of drug-likeness (QED) is 0.908. The van der Waals surface area contributed by atoms with Crippen LogP contribution in [-0.2, 0) is 11.2 Å². The molecule has 2 rings (SSSR count). The number of ether oxygens (including phenoxy) is 2. The number of carboxylic acid groups (broad SMARTS) is 1. The van der Waals surface area contributed by atoms with Crippen molar-refractivity contribution < 1.29 is 19.4 Å². The van der Waals surface area contributed by atoms with Crippen molar-refractivity contribution in [2.75, 3.05) is 13.2 Å². The number of hydrogen-bond donors (Lipinski definition) is 1. The molecule has 0 saturated heterocycles. The van der Waals surface area contributed by atoms with Gasteiger partial charge in [0.25, 0.3) is 0 Å². The Hall–Kier alpha value is -1.71. The summed E-state index contributed by atoms with van der Waals surface area (Å²) in [6, 6.07) is 3.85. The van der Waals surface area contributed by atoms with Crippen molar-refractivity contribution in [2.45, 2.75) is 27.2 Å². The first-order valence-corrected chi connectivity index (χ1v) is 6.61. The molecule has 0 radical (unpaired) electrons. The van der Waals surface area contributed by atoms with Crippen LogP contribution >= 0.6 is 0 Å². The van der Waals surface area contributed by atoms with Crippen LogP contribution in [0, 0.1) is 18.8 Å². The van der Waals surface area contributed by atoms with E-state index in [9.17, 15) is 9.90 Å². The van der Waals surface area contributed by atoms with Crippen LogP contribution < -0.4 is 9.47 Å². The highest BCUT2D eigenvalue weighted by atomic mass is 16.6. The van der Waals surface area contributed by atoms with E-state index >= 15 is 0 Å². The van der Waals surface area contributed by atoms with Crippen LogP contribution in [0.3, 0.4) is 0 Å². The summed E-state index contributed by atoms with van der Waals surface area (Å²) in [5, 5.41) is 9.28. The standard InChI is InChI=1S/C15H20O4/c1-9(2)12(15(16)17)7-11-8-14-13(6-10(11)3)18-4-5-19-14/h6,8-9,12H,4-5,7H2,1-3H3,(H,16,17). The third-order valence-electron chi connectivity index (χ3n) is 3.56. The molecule has 0 spiro atoms. The fraction of sp³-hybridized carbons (Fsp3) is 0.533. The summed E-state index contributed by atoms with van der Waals surface area (Å²) in [5.74, 6) is 0.458. The lowest BCUT2D eigenvalue weighted by atomic mass is 9.87. The molecular weight excluding hydrogens is 244 g/mol. The van der Waals surface area contributed by atoms with Crippen LogP contribution in [0.2, 0.25) is 0 Å². The van der Waals surface area contributed by atoms with Crippen LogP contribution in [-0.4, -0.2) is 24.3 Å². The largest absolute Gasteiger partial charge is 0.486 e. The van der Waals surface area contributed by atoms with Gasteiger partial charge >= 0.3 is 5.97 Å². The van der Waals surface area contributed by atoms with Crippen molar-refractivity contribution in [2.24, 2.45) is 11.8 Å². The number of aryl methyl sites for hydroxylation is 1. The Balaban J connectivity index is 2.27. The van der Waals surface area contributed by atoms with E-state index in [1.807, 2.05) is 32.9 Å². The molecule has 0 aliphatic carbocycles. The van der Waals surface area contributed by atoms with Crippen LogP contribution in [0.1, 0.15) is 25.0 Å². The highest BCUT2D eigenvalue weighted by molar-refractivity contribution is 5.71. The Morgan fingerprint density at radius 1 is 1.26 bits per heavy atom. The first kappa shape index (κ1) is 13.7. The molecule has 0 aromatic heterocycles. The zero-order chi connectivity index (χ0) is 14.0. The van der Waals surface area contributed by atoms with E-state index < -0.39 is 5.97 Å². The average molecular weight is 264 g/mol. The number of rotatable bonds is 4. The van der Waals surface area contributed by atoms with Gasteiger partial charge in [0.1, 0.15) is 13.2 Å². The topological polar surface area (TPSA) is 55.8 Å². The van der Waals surface area contributed by atoms with E-state index in [4.69, 9.17) is 9.47 Å². The summed E-state index contributed by atoms with van der Waals surface area (Å²) in [7, 11) is 0. The molecule has 19 heavy (non-hydrogen) atoms. The zero-order valence-corrected chi connectivity index (χ0v) is 11.6. The number of fused-ring (bicyclic) bond motifs is 1. The highest BCUT2D eigenvalue weighted by Gasteiger charge is 2.24. The fourth-order valence-electron chi connectivity index (χ4n) is 2.30.